The Bertz CT molecular complexity index is 417. The largest absolute Gasteiger partial charge is 0.466 e. The summed E-state index contributed by atoms with van der Waals surface area (Å²) in [5.74, 6) is 0.616. The SMILES string of the molecule is CCOC(=O)CCCNCC(=O)Nc1cc(C)on1. The van der Waals surface area contributed by atoms with Gasteiger partial charge in [0.1, 0.15) is 5.76 Å². The molecule has 19 heavy (non-hydrogen) atoms. The van der Waals surface area contributed by atoms with E-state index in [0.29, 0.717) is 37.6 Å². The zero-order chi connectivity index (χ0) is 14.1. The van der Waals surface area contributed by atoms with Crippen molar-refractivity contribution in [1.82, 2.24) is 10.5 Å². The number of hydrogen-bond donors (Lipinski definition) is 2. The summed E-state index contributed by atoms with van der Waals surface area (Å²) in [6.45, 7) is 4.65. The number of aryl methyl sites for hydroxylation is 1. The van der Waals surface area contributed by atoms with E-state index in [1.54, 1.807) is 19.9 Å². The molecule has 7 nitrogen and oxygen atoms in total. The number of amides is 1. The quantitative estimate of drug-likeness (QED) is 0.537. The molecule has 7 heteroatoms. The van der Waals surface area contributed by atoms with Crippen molar-refractivity contribution in [3.05, 3.63) is 11.8 Å². The van der Waals surface area contributed by atoms with Gasteiger partial charge in [-0.2, -0.15) is 0 Å². The predicted molar refractivity (Wildman–Crippen MR) is 68.6 cm³/mol. The van der Waals surface area contributed by atoms with Crippen LogP contribution in [0.4, 0.5) is 5.82 Å². The van der Waals surface area contributed by atoms with Crippen LogP contribution in [-0.2, 0) is 14.3 Å². The Morgan fingerprint density at radius 3 is 2.89 bits per heavy atom. The molecule has 1 amide bonds. The lowest BCUT2D eigenvalue weighted by atomic mass is 10.3. The lowest BCUT2D eigenvalue weighted by molar-refractivity contribution is -0.143. The molecule has 2 N–H and O–H groups in total. The predicted octanol–water partition coefficient (Wildman–Crippen LogP) is 0.854. The minimum absolute atomic E-state index is 0.161. The van der Waals surface area contributed by atoms with Gasteiger partial charge in [0.05, 0.1) is 13.2 Å². The minimum Gasteiger partial charge on any atom is -0.466 e. The number of carbonyl (C=O) groups excluding carboxylic acids is 2. The Kier molecular flexibility index (Phi) is 6.59. The van der Waals surface area contributed by atoms with Gasteiger partial charge in [-0.25, -0.2) is 0 Å². The number of nitrogens with zero attached hydrogens (tertiary/aromatic N) is 1. The molecule has 106 valence electrons. The number of anilines is 1. The zero-order valence-electron chi connectivity index (χ0n) is 11.2. The normalized spacial score (nSPS) is 10.2. The summed E-state index contributed by atoms with van der Waals surface area (Å²) in [4.78, 5) is 22.5. The Labute approximate surface area is 111 Å². The molecule has 0 spiro atoms. The van der Waals surface area contributed by atoms with Crippen molar-refractivity contribution >= 4 is 17.7 Å². The van der Waals surface area contributed by atoms with Crippen molar-refractivity contribution in [3.63, 3.8) is 0 Å². The van der Waals surface area contributed by atoms with Crippen LogP contribution in [0.2, 0.25) is 0 Å². The maximum absolute atomic E-state index is 11.5. The Balaban J connectivity index is 2.06. The summed E-state index contributed by atoms with van der Waals surface area (Å²) in [6.07, 6.45) is 0.986. The third-order valence-corrected chi connectivity index (χ3v) is 2.22. The third kappa shape index (κ3) is 6.56. The summed E-state index contributed by atoms with van der Waals surface area (Å²) in [5, 5.41) is 9.16. The average Bonchev–Trinajstić information content (AvgIpc) is 2.74. The molecule has 0 atom stereocenters. The molecule has 1 rings (SSSR count). The van der Waals surface area contributed by atoms with Crippen LogP contribution in [0.3, 0.4) is 0 Å². The fourth-order valence-electron chi connectivity index (χ4n) is 1.41. The standard InChI is InChI=1S/C12H19N3O4/c1-3-18-12(17)5-4-6-13-8-11(16)14-10-7-9(2)19-15-10/h7,13H,3-6,8H2,1-2H3,(H,14,15,16). The van der Waals surface area contributed by atoms with E-state index in [1.807, 2.05) is 0 Å². The molecule has 1 aromatic rings. The first-order valence-electron chi connectivity index (χ1n) is 6.21. The summed E-state index contributed by atoms with van der Waals surface area (Å²) >= 11 is 0. The van der Waals surface area contributed by atoms with Crippen molar-refractivity contribution in [2.24, 2.45) is 0 Å². The van der Waals surface area contributed by atoms with E-state index in [0.717, 1.165) is 0 Å². The van der Waals surface area contributed by atoms with Crippen LogP contribution in [0.15, 0.2) is 10.6 Å². The number of carbonyl (C=O) groups is 2. The molecule has 0 aliphatic rings. The van der Waals surface area contributed by atoms with Gasteiger partial charge in [0.25, 0.3) is 0 Å². The van der Waals surface area contributed by atoms with E-state index in [4.69, 9.17) is 9.26 Å². The second-order valence-electron chi connectivity index (χ2n) is 3.96. The smallest absolute Gasteiger partial charge is 0.305 e. The molecule has 0 bridgehead atoms. The van der Waals surface area contributed by atoms with Gasteiger partial charge in [0.15, 0.2) is 5.82 Å². The number of rotatable bonds is 8. The maximum Gasteiger partial charge on any atom is 0.305 e. The molecule has 0 fully saturated rings. The lowest BCUT2D eigenvalue weighted by Gasteiger charge is -2.04. The highest BCUT2D eigenvalue weighted by Gasteiger charge is 2.06. The summed E-state index contributed by atoms with van der Waals surface area (Å²) in [6, 6.07) is 1.64. The van der Waals surface area contributed by atoms with E-state index in [-0.39, 0.29) is 18.4 Å². The number of hydrogen-bond acceptors (Lipinski definition) is 6. The van der Waals surface area contributed by atoms with E-state index >= 15 is 0 Å². The summed E-state index contributed by atoms with van der Waals surface area (Å²) < 4.78 is 9.61. The lowest BCUT2D eigenvalue weighted by Crippen LogP contribution is -2.29. The number of aromatic nitrogens is 1. The van der Waals surface area contributed by atoms with Gasteiger partial charge in [-0.1, -0.05) is 5.16 Å². The molecular weight excluding hydrogens is 250 g/mol. The fraction of sp³-hybridized carbons (Fsp3) is 0.583. The first kappa shape index (κ1) is 15.2. The second kappa shape index (κ2) is 8.25. The van der Waals surface area contributed by atoms with Crippen molar-refractivity contribution in [1.29, 1.82) is 0 Å². The van der Waals surface area contributed by atoms with Crippen molar-refractivity contribution < 1.29 is 18.8 Å². The summed E-state index contributed by atoms with van der Waals surface area (Å²) in [5.41, 5.74) is 0. The van der Waals surface area contributed by atoms with Crippen LogP contribution in [-0.4, -0.2) is 36.7 Å². The molecule has 1 heterocycles. The highest BCUT2D eigenvalue weighted by atomic mass is 16.5. The average molecular weight is 269 g/mol. The van der Waals surface area contributed by atoms with Gasteiger partial charge in [0, 0.05) is 12.5 Å². The number of ether oxygens (including phenoxy) is 1. The first-order valence-corrected chi connectivity index (χ1v) is 6.21. The van der Waals surface area contributed by atoms with E-state index < -0.39 is 0 Å². The van der Waals surface area contributed by atoms with Crippen molar-refractivity contribution in [2.75, 3.05) is 25.0 Å². The van der Waals surface area contributed by atoms with Crippen LogP contribution in [0, 0.1) is 6.92 Å². The molecule has 0 radical (unpaired) electrons. The molecule has 0 unspecified atom stereocenters. The van der Waals surface area contributed by atoms with Gasteiger partial charge in [-0.05, 0) is 26.8 Å². The highest BCUT2D eigenvalue weighted by molar-refractivity contribution is 5.91. The van der Waals surface area contributed by atoms with Crippen LogP contribution in [0.5, 0.6) is 0 Å². The monoisotopic (exact) mass is 269 g/mol. The van der Waals surface area contributed by atoms with Gasteiger partial charge < -0.3 is 19.9 Å². The zero-order valence-corrected chi connectivity index (χ0v) is 11.2. The van der Waals surface area contributed by atoms with Crippen molar-refractivity contribution in [3.8, 4) is 0 Å². The molecule has 0 aliphatic carbocycles. The fourth-order valence-corrected chi connectivity index (χ4v) is 1.41. The minimum atomic E-state index is -0.216. The summed E-state index contributed by atoms with van der Waals surface area (Å²) in [7, 11) is 0. The Morgan fingerprint density at radius 2 is 2.26 bits per heavy atom. The Morgan fingerprint density at radius 1 is 1.47 bits per heavy atom. The van der Waals surface area contributed by atoms with Gasteiger partial charge in [0.2, 0.25) is 5.91 Å². The maximum atomic E-state index is 11.5. The van der Waals surface area contributed by atoms with E-state index in [9.17, 15) is 9.59 Å². The van der Waals surface area contributed by atoms with Crippen molar-refractivity contribution in [2.45, 2.75) is 26.7 Å². The van der Waals surface area contributed by atoms with Crippen LogP contribution in [0.25, 0.3) is 0 Å². The first-order chi connectivity index (χ1) is 9.11. The number of esters is 1. The van der Waals surface area contributed by atoms with E-state index in [2.05, 4.69) is 15.8 Å². The molecule has 0 aromatic carbocycles. The third-order valence-electron chi connectivity index (χ3n) is 2.22. The van der Waals surface area contributed by atoms with Crippen LogP contribution < -0.4 is 10.6 Å². The molecule has 0 aliphatic heterocycles. The van der Waals surface area contributed by atoms with Gasteiger partial charge in [-0.3, -0.25) is 9.59 Å². The molecule has 1 aromatic heterocycles. The van der Waals surface area contributed by atoms with Gasteiger partial charge in [-0.15, -0.1) is 0 Å². The second-order valence-corrected chi connectivity index (χ2v) is 3.96. The molecule has 0 saturated heterocycles. The van der Waals surface area contributed by atoms with Crippen LogP contribution in [0.1, 0.15) is 25.5 Å². The topological polar surface area (TPSA) is 93.5 Å². The number of nitrogens with one attached hydrogen (secondary N) is 2. The van der Waals surface area contributed by atoms with Gasteiger partial charge >= 0.3 is 5.97 Å². The van der Waals surface area contributed by atoms with Crippen LogP contribution >= 0.6 is 0 Å². The van der Waals surface area contributed by atoms with E-state index in [1.165, 1.54) is 0 Å². The molecule has 0 saturated carbocycles. The highest BCUT2D eigenvalue weighted by Crippen LogP contribution is 2.06. The molecular formula is C12H19N3O4. The Hall–Kier alpha value is -1.89.